The molecule has 1 amide bonds. The number of tetrazole rings is 1. The van der Waals surface area contributed by atoms with Gasteiger partial charge in [0.15, 0.2) is 6.10 Å². The van der Waals surface area contributed by atoms with Crippen LogP contribution in [-0.4, -0.2) is 26.3 Å². The Kier molecular flexibility index (Phi) is 4.22. The molecular weight excluding hydrogens is 334 g/mol. The van der Waals surface area contributed by atoms with E-state index in [1.807, 2.05) is 55.5 Å². The number of aryl methyl sites for hydroxylation is 1. The van der Waals surface area contributed by atoms with E-state index in [2.05, 4.69) is 20.7 Å². The summed E-state index contributed by atoms with van der Waals surface area (Å²) in [5.41, 5.74) is 2.65. The maximum absolute atomic E-state index is 12.4. The average molecular weight is 351 g/mol. The van der Waals surface area contributed by atoms with Crippen LogP contribution in [0.5, 0.6) is 5.75 Å². The SMILES string of the molecule is CCn1nnc(NC(=O)OC2c3ccccc3COc3ccccc32)n1. The minimum absolute atomic E-state index is 0.100. The van der Waals surface area contributed by atoms with E-state index in [-0.39, 0.29) is 5.95 Å². The van der Waals surface area contributed by atoms with Gasteiger partial charge >= 0.3 is 6.09 Å². The third kappa shape index (κ3) is 3.08. The number of amides is 1. The number of rotatable bonds is 3. The Balaban J connectivity index is 1.63. The molecule has 1 unspecified atom stereocenters. The predicted molar refractivity (Wildman–Crippen MR) is 92.7 cm³/mol. The molecule has 0 aliphatic carbocycles. The summed E-state index contributed by atoms with van der Waals surface area (Å²) in [6.45, 7) is 2.86. The van der Waals surface area contributed by atoms with Crippen molar-refractivity contribution < 1.29 is 14.3 Å². The number of para-hydroxylation sites is 1. The quantitative estimate of drug-likeness (QED) is 0.780. The predicted octanol–water partition coefficient (Wildman–Crippen LogP) is 2.92. The molecule has 8 heteroatoms. The molecule has 26 heavy (non-hydrogen) atoms. The molecule has 1 aliphatic rings. The van der Waals surface area contributed by atoms with Gasteiger partial charge < -0.3 is 9.47 Å². The largest absolute Gasteiger partial charge is 0.488 e. The summed E-state index contributed by atoms with van der Waals surface area (Å²) < 4.78 is 11.6. The molecule has 8 nitrogen and oxygen atoms in total. The molecule has 3 aromatic rings. The van der Waals surface area contributed by atoms with Gasteiger partial charge in [-0.05, 0) is 23.8 Å². The van der Waals surface area contributed by atoms with Crippen LogP contribution in [0.25, 0.3) is 0 Å². The number of hydrogen-bond acceptors (Lipinski definition) is 6. The average Bonchev–Trinajstić information content (AvgIpc) is 3.06. The van der Waals surface area contributed by atoms with Crippen LogP contribution in [0, 0.1) is 0 Å². The van der Waals surface area contributed by atoms with Crippen LogP contribution in [0.3, 0.4) is 0 Å². The van der Waals surface area contributed by atoms with Crippen molar-refractivity contribution in [2.45, 2.75) is 26.2 Å². The number of nitrogens with zero attached hydrogens (tertiary/aromatic N) is 4. The van der Waals surface area contributed by atoms with E-state index in [1.165, 1.54) is 4.80 Å². The van der Waals surface area contributed by atoms with Crippen LogP contribution in [0.1, 0.15) is 29.7 Å². The molecule has 0 fully saturated rings. The molecule has 0 saturated heterocycles. The highest BCUT2D eigenvalue weighted by Crippen LogP contribution is 2.38. The lowest BCUT2D eigenvalue weighted by molar-refractivity contribution is 0.130. The Morgan fingerprint density at radius 2 is 2.00 bits per heavy atom. The van der Waals surface area contributed by atoms with Gasteiger partial charge in [-0.15, -0.1) is 5.10 Å². The number of carbonyl (C=O) groups excluding carboxylic acids is 1. The number of ether oxygens (including phenoxy) is 2. The summed E-state index contributed by atoms with van der Waals surface area (Å²) in [5, 5.41) is 14.1. The molecule has 2 heterocycles. The molecule has 132 valence electrons. The van der Waals surface area contributed by atoms with Gasteiger partial charge in [-0.2, -0.15) is 4.80 Å². The van der Waals surface area contributed by atoms with Crippen LogP contribution in [0.4, 0.5) is 10.7 Å². The standard InChI is InChI=1S/C18H17N5O3/c1-2-23-21-17(20-22-23)19-18(24)26-16-13-8-4-3-7-12(13)11-25-15-10-6-5-9-14(15)16/h3-10,16H,2,11H2,1H3,(H,19,21,24). The summed E-state index contributed by atoms with van der Waals surface area (Å²) >= 11 is 0. The van der Waals surface area contributed by atoms with Gasteiger partial charge in [-0.25, -0.2) is 4.79 Å². The van der Waals surface area contributed by atoms with Gasteiger partial charge in [0.05, 0.1) is 6.54 Å². The topological polar surface area (TPSA) is 91.2 Å². The highest BCUT2D eigenvalue weighted by molar-refractivity contribution is 5.82. The first-order chi connectivity index (χ1) is 12.7. The zero-order valence-corrected chi connectivity index (χ0v) is 14.1. The molecule has 0 spiro atoms. The van der Waals surface area contributed by atoms with E-state index < -0.39 is 12.2 Å². The van der Waals surface area contributed by atoms with Crippen molar-refractivity contribution >= 4 is 12.0 Å². The number of fused-ring (bicyclic) bond motifs is 2. The van der Waals surface area contributed by atoms with Gasteiger partial charge in [0.2, 0.25) is 0 Å². The molecule has 4 rings (SSSR count). The molecule has 1 atom stereocenters. The van der Waals surface area contributed by atoms with Crippen LogP contribution in [0.15, 0.2) is 48.5 Å². The smallest absolute Gasteiger partial charge is 0.415 e. The lowest BCUT2D eigenvalue weighted by atomic mass is 9.97. The van der Waals surface area contributed by atoms with Gasteiger partial charge in [0.1, 0.15) is 12.4 Å². The van der Waals surface area contributed by atoms with Crippen molar-refractivity contribution in [1.29, 1.82) is 0 Å². The molecular formula is C18H17N5O3. The fraction of sp³-hybridized carbons (Fsp3) is 0.222. The summed E-state index contributed by atoms with van der Waals surface area (Å²) in [5.74, 6) is 0.792. The van der Waals surface area contributed by atoms with E-state index in [0.29, 0.717) is 18.9 Å². The number of carbonyl (C=O) groups is 1. The number of nitrogens with one attached hydrogen (secondary N) is 1. The van der Waals surface area contributed by atoms with Crippen molar-refractivity contribution in [1.82, 2.24) is 20.2 Å². The second kappa shape index (κ2) is 6.83. The zero-order chi connectivity index (χ0) is 17.9. The maximum Gasteiger partial charge on any atom is 0.415 e. The van der Waals surface area contributed by atoms with Gasteiger partial charge in [-0.1, -0.05) is 47.6 Å². The lowest BCUT2D eigenvalue weighted by Gasteiger charge is -2.19. The van der Waals surface area contributed by atoms with Gasteiger partial charge in [0.25, 0.3) is 5.95 Å². The van der Waals surface area contributed by atoms with Crippen LogP contribution < -0.4 is 10.1 Å². The fourth-order valence-corrected chi connectivity index (χ4v) is 2.86. The maximum atomic E-state index is 12.4. The summed E-state index contributed by atoms with van der Waals surface area (Å²) in [7, 11) is 0. The van der Waals surface area contributed by atoms with Crippen molar-refractivity contribution in [3.8, 4) is 5.75 Å². The Bertz CT molecular complexity index is 892. The first kappa shape index (κ1) is 16.1. The van der Waals surface area contributed by atoms with E-state index in [1.54, 1.807) is 0 Å². The number of hydrogen-bond donors (Lipinski definition) is 1. The van der Waals surface area contributed by atoms with Crippen molar-refractivity contribution in [2.24, 2.45) is 0 Å². The normalized spacial score (nSPS) is 15.2. The third-order valence-electron chi connectivity index (χ3n) is 4.10. The Morgan fingerprint density at radius 3 is 2.81 bits per heavy atom. The number of benzene rings is 2. The molecule has 2 aromatic carbocycles. The second-order valence-electron chi connectivity index (χ2n) is 5.74. The van der Waals surface area contributed by atoms with Gasteiger partial charge in [0, 0.05) is 11.1 Å². The minimum Gasteiger partial charge on any atom is -0.488 e. The summed E-state index contributed by atoms with van der Waals surface area (Å²) in [6, 6.07) is 15.3. The van der Waals surface area contributed by atoms with Crippen LogP contribution in [-0.2, 0) is 17.9 Å². The molecule has 1 aromatic heterocycles. The molecule has 1 N–H and O–H groups in total. The van der Waals surface area contributed by atoms with Crippen LogP contribution in [0.2, 0.25) is 0 Å². The molecule has 1 aliphatic heterocycles. The molecule has 0 bridgehead atoms. The minimum atomic E-state index is -0.655. The Morgan fingerprint density at radius 1 is 1.23 bits per heavy atom. The first-order valence-corrected chi connectivity index (χ1v) is 8.29. The van der Waals surface area contributed by atoms with E-state index in [0.717, 1.165) is 16.7 Å². The van der Waals surface area contributed by atoms with E-state index in [9.17, 15) is 4.79 Å². The lowest BCUT2D eigenvalue weighted by Crippen LogP contribution is -2.19. The highest BCUT2D eigenvalue weighted by Gasteiger charge is 2.28. The van der Waals surface area contributed by atoms with E-state index in [4.69, 9.17) is 9.47 Å². The Labute approximate surface area is 149 Å². The van der Waals surface area contributed by atoms with Crippen molar-refractivity contribution in [2.75, 3.05) is 5.32 Å². The molecule has 0 radical (unpaired) electrons. The first-order valence-electron chi connectivity index (χ1n) is 8.29. The number of anilines is 1. The monoisotopic (exact) mass is 351 g/mol. The van der Waals surface area contributed by atoms with Crippen LogP contribution >= 0.6 is 0 Å². The third-order valence-corrected chi connectivity index (χ3v) is 4.10. The molecule has 0 saturated carbocycles. The van der Waals surface area contributed by atoms with E-state index >= 15 is 0 Å². The van der Waals surface area contributed by atoms with Crippen molar-refractivity contribution in [3.63, 3.8) is 0 Å². The fourth-order valence-electron chi connectivity index (χ4n) is 2.86. The van der Waals surface area contributed by atoms with Gasteiger partial charge in [-0.3, -0.25) is 5.32 Å². The van der Waals surface area contributed by atoms with Crippen molar-refractivity contribution in [3.05, 3.63) is 65.2 Å². The second-order valence-corrected chi connectivity index (χ2v) is 5.74. The zero-order valence-electron chi connectivity index (χ0n) is 14.1. The highest BCUT2D eigenvalue weighted by atomic mass is 16.6. The summed E-state index contributed by atoms with van der Waals surface area (Å²) in [4.78, 5) is 13.8. The Hall–Kier alpha value is -3.42. The summed E-state index contributed by atoms with van der Waals surface area (Å²) in [6.07, 6.45) is -1.25. The number of aromatic nitrogens is 4.